The van der Waals surface area contributed by atoms with Crippen LogP contribution in [0.5, 0.6) is 0 Å². The summed E-state index contributed by atoms with van der Waals surface area (Å²) in [6, 6.07) is 1.17. The van der Waals surface area contributed by atoms with Crippen LogP contribution in [-0.2, 0) is 9.53 Å². The first-order chi connectivity index (χ1) is 6.63. The van der Waals surface area contributed by atoms with Crippen molar-refractivity contribution in [3.05, 3.63) is 29.3 Å². The summed E-state index contributed by atoms with van der Waals surface area (Å²) in [6.07, 6.45) is 1.36. The van der Waals surface area contributed by atoms with Gasteiger partial charge in [-0.25, -0.2) is 9.78 Å². The van der Waals surface area contributed by atoms with E-state index >= 15 is 0 Å². The smallest absolute Gasteiger partial charge is 0.384 e. The Bertz CT molecular complexity index is 418. The van der Waals surface area contributed by atoms with E-state index in [1.807, 2.05) is 0 Å². The monoisotopic (exact) mass is 193 g/mol. The molecule has 1 aromatic rings. The molecule has 1 aromatic heterocycles. The van der Waals surface area contributed by atoms with Crippen molar-refractivity contribution >= 4 is 5.97 Å². The molecule has 72 valence electrons. The molecule has 0 spiro atoms. The molecule has 0 aliphatic heterocycles. The van der Waals surface area contributed by atoms with Crippen LogP contribution in [0.4, 0.5) is 4.39 Å². The molecule has 0 saturated carbocycles. The van der Waals surface area contributed by atoms with Crippen molar-refractivity contribution in [2.75, 3.05) is 7.11 Å². The Kier molecular flexibility index (Phi) is 3.19. The first kappa shape index (κ1) is 10.2. The number of hydrogen-bond donors (Lipinski definition) is 0. The van der Waals surface area contributed by atoms with Gasteiger partial charge in [-0.3, -0.25) is 0 Å². The highest BCUT2D eigenvalue weighted by atomic mass is 19.1. The minimum absolute atomic E-state index is 0.433. The van der Waals surface area contributed by atoms with Crippen molar-refractivity contribution in [2.45, 2.75) is 6.92 Å². The molecule has 1 rings (SSSR count). The van der Waals surface area contributed by atoms with Gasteiger partial charge in [-0.05, 0) is 12.5 Å². The predicted molar refractivity (Wildman–Crippen MR) is 47.8 cm³/mol. The molecule has 0 atom stereocenters. The largest absolute Gasteiger partial charge is 0.459 e. The lowest BCUT2D eigenvalue weighted by molar-refractivity contribution is -0.133. The highest BCUT2D eigenvalue weighted by molar-refractivity contribution is 5.89. The lowest BCUT2D eigenvalue weighted by Crippen LogP contribution is -1.95. The zero-order valence-corrected chi connectivity index (χ0v) is 7.80. The number of esters is 1. The van der Waals surface area contributed by atoms with E-state index in [1.165, 1.54) is 19.4 Å². The molecule has 0 saturated heterocycles. The summed E-state index contributed by atoms with van der Waals surface area (Å²) < 4.78 is 17.0. The number of aromatic nitrogens is 1. The van der Waals surface area contributed by atoms with Gasteiger partial charge in [0.2, 0.25) is 5.95 Å². The fraction of sp³-hybridized carbons (Fsp3) is 0.200. The molecule has 0 aromatic carbocycles. The molecule has 0 radical (unpaired) electrons. The van der Waals surface area contributed by atoms with Crippen LogP contribution in [0.25, 0.3) is 0 Å². The van der Waals surface area contributed by atoms with Gasteiger partial charge in [0.1, 0.15) is 0 Å². The number of rotatable bonds is 0. The topological polar surface area (TPSA) is 39.2 Å². The summed E-state index contributed by atoms with van der Waals surface area (Å²) in [4.78, 5) is 14.1. The van der Waals surface area contributed by atoms with Crippen LogP contribution >= 0.6 is 0 Å². The van der Waals surface area contributed by atoms with Crippen LogP contribution in [-0.4, -0.2) is 18.1 Å². The van der Waals surface area contributed by atoms with Gasteiger partial charge in [0, 0.05) is 23.7 Å². The second-order valence-electron chi connectivity index (χ2n) is 2.56. The van der Waals surface area contributed by atoms with Gasteiger partial charge in [-0.1, -0.05) is 5.92 Å². The Morgan fingerprint density at radius 3 is 3.00 bits per heavy atom. The molecule has 0 aliphatic rings. The van der Waals surface area contributed by atoms with Gasteiger partial charge >= 0.3 is 5.97 Å². The Hall–Kier alpha value is -1.89. The average molecular weight is 193 g/mol. The minimum Gasteiger partial charge on any atom is -0.459 e. The first-order valence-electron chi connectivity index (χ1n) is 3.85. The molecule has 3 nitrogen and oxygen atoms in total. The maximum absolute atomic E-state index is 12.7. The van der Waals surface area contributed by atoms with Gasteiger partial charge in [0.25, 0.3) is 0 Å². The Balaban J connectivity index is 3.00. The van der Waals surface area contributed by atoms with Crippen LogP contribution in [0, 0.1) is 24.7 Å². The molecule has 0 N–H and O–H groups in total. The molecule has 0 fully saturated rings. The number of halogens is 1. The van der Waals surface area contributed by atoms with E-state index in [0.29, 0.717) is 11.1 Å². The van der Waals surface area contributed by atoms with Crippen molar-refractivity contribution in [3.63, 3.8) is 0 Å². The molecule has 0 aliphatic carbocycles. The molecule has 0 amide bonds. The number of hydrogen-bond acceptors (Lipinski definition) is 3. The van der Waals surface area contributed by atoms with Crippen molar-refractivity contribution in [3.8, 4) is 11.8 Å². The molecular weight excluding hydrogens is 185 g/mol. The number of aryl methyl sites for hydroxylation is 1. The Morgan fingerprint density at radius 1 is 1.64 bits per heavy atom. The zero-order valence-electron chi connectivity index (χ0n) is 7.80. The lowest BCUT2D eigenvalue weighted by Gasteiger charge is -1.95. The fourth-order valence-electron chi connectivity index (χ4n) is 0.802. The maximum atomic E-state index is 12.7. The second-order valence-corrected chi connectivity index (χ2v) is 2.56. The SMILES string of the molecule is COC(=O)C#Cc1cc(F)ncc1C. The summed E-state index contributed by atoms with van der Waals surface area (Å²) in [5.41, 5.74) is 1.14. The summed E-state index contributed by atoms with van der Waals surface area (Å²) in [5.74, 6) is 3.44. The number of ether oxygens (including phenoxy) is 1. The summed E-state index contributed by atoms with van der Waals surface area (Å²) in [5, 5.41) is 0. The molecule has 14 heavy (non-hydrogen) atoms. The second kappa shape index (κ2) is 4.38. The average Bonchev–Trinajstić information content (AvgIpc) is 2.19. The van der Waals surface area contributed by atoms with Crippen LogP contribution in [0.1, 0.15) is 11.1 Å². The Morgan fingerprint density at radius 2 is 2.36 bits per heavy atom. The predicted octanol–water partition coefficient (Wildman–Crippen LogP) is 1.05. The summed E-state index contributed by atoms with van der Waals surface area (Å²) in [6.45, 7) is 1.73. The normalized spacial score (nSPS) is 8.79. The molecule has 0 bridgehead atoms. The Labute approximate surface area is 80.9 Å². The van der Waals surface area contributed by atoms with E-state index < -0.39 is 11.9 Å². The van der Waals surface area contributed by atoms with Crippen molar-refractivity contribution in [1.29, 1.82) is 0 Å². The molecule has 0 unspecified atom stereocenters. The van der Waals surface area contributed by atoms with Gasteiger partial charge < -0.3 is 4.74 Å². The maximum Gasteiger partial charge on any atom is 0.384 e. The number of nitrogens with zero attached hydrogens (tertiary/aromatic N) is 1. The van der Waals surface area contributed by atoms with E-state index in [-0.39, 0.29) is 0 Å². The third-order valence-corrected chi connectivity index (χ3v) is 1.55. The third kappa shape index (κ3) is 2.56. The standard InChI is InChI=1S/C10H8FNO2/c1-7-6-12-9(11)5-8(7)3-4-10(13)14-2/h5-6H,1-2H3. The van der Waals surface area contributed by atoms with Gasteiger partial charge in [-0.2, -0.15) is 4.39 Å². The van der Waals surface area contributed by atoms with E-state index in [4.69, 9.17) is 0 Å². The van der Waals surface area contributed by atoms with Crippen molar-refractivity contribution in [1.82, 2.24) is 4.98 Å². The number of pyridine rings is 1. The molecule has 1 heterocycles. The lowest BCUT2D eigenvalue weighted by atomic mass is 10.2. The zero-order chi connectivity index (χ0) is 10.6. The van der Waals surface area contributed by atoms with Gasteiger partial charge in [0.05, 0.1) is 7.11 Å². The van der Waals surface area contributed by atoms with Crippen molar-refractivity contribution < 1.29 is 13.9 Å². The molecule has 4 heteroatoms. The van der Waals surface area contributed by atoms with Gasteiger partial charge in [0.15, 0.2) is 0 Å². The highest BCUT2D eigenvalue weighted by Gasteiger charge is 1.98. The van der Waals surface area contributed by atoms with E-state index in [9.17, 15) is 9.18 Å². The van der Waals surface area contributed by atoms with Crippen LogP contribution in [0.15, 0.2) is 12.3 Å². The first-order valence-corrected chi connectivity index (χ1v) is 3.85. The number of methoxy groups -OCH3 is 1. The number of carbonyl (C=O) groups is 1. The highest BCUT2D eigenvalue weighted by Crippen LogP contribution is 2.05. The van der Waals surface area contributed by atoms with E-state index in [2.05, 4.69) is 21.6 Å². The van der Waals surface area contributed by atoms with Crippen molar-refractivity contribution in [2.24, 2.45) is 0 Å². The quantitative estimate of drug-likeness (QED) is 0.351. The van der Waals surface area contributed by atoms with E-state index in [1.54, 1.807) is 6.92 Å². The summed E-state index contributed by atoms with van der Waals surface area (Å²) in [7, 11) is 1.23. The van der Waals surface area contributed by atoms with E-state index in [0.717, 1.165) is 0 Å². The third-order valence-electron chi connectivity index (χ3n) is 1.55. The van der Waals surface area contributed by atoms with Crippen LogP contribution in [0.3, 0.4) is 0 Å². The number of carbonyl (C=O) groups excluding carboxylic acids is 1. The molecular formula is C10H8FNO2. The van der Waals surface area contributed by atoms with Gasteiger partial charge in [-0.15, -0.1) is 0 Å². The summed E-state index contributed by atoms with van der Waals surface area (Å²) >= 11 is 0. The van der Waals surface area contributed by atoms with Crippen LogP contribution < -0.4 is 0 Å². The van der Waals surface area contributed by atoms with Crippen LogP contribution in [0.2, 0.25) is 0 Å². The fourth-order valence-corrected chi connectivity index (χ4v) is 0.802. The minimum atomic E-state index is -0.651.